The van der Waals surface area contributed by atoms with Crippen LogP contribution in [-0.4, -0.2) is 34.4 Å². The third-order valence-electron chi connectivity index (χ3n) is 3.89. The lowest BCUT2D eigenvalue weighted by Crippen LogP contribution is -2.32. The van der Waals surface area contributed by atoms with Gasteiger partial charge in [0.1, 0.15) is 17.4 Å². The number of halogens is 2. The van der Waals surface area contributed by atoms with Crippen LogP contribution in [0.15, 0.2) is 12.1 Å². The third kappa shape index (κ3) is 3.18. The van der Waals surface area contributed by atoms with Crippen molar-refractivity contribution in [2.45, 2.75) is 19.5 Å². The molecule has 24 heavy (non-hydrogen) atoms. The van der Waals surface area contributed by atoms with Gasteiger partial charge in [0.25, 0.3) is 5.91 Å². The molecule has 8 heteroatoms. The maximum atomic E-state index is 14.1. The fourth-order valence-corrected chi connectivity index (χ4v) is 2.61. The molecule has 1 aromatic heterocycles. The topological polar surface area (TPSA) is 81.3 Å². The van der Waals surface area contributed by atoms with Crippen LogP contribution in [0, 0.1) is 17.8 Å². The standard InChI is InChI=1S/C16H15F2N4O2/c1-24-10-4-12(17)11(13(18)5-10)7-22-3-2-9-6-20-16(15(19)23)21-14(9)8-22/h4-5H,2-3,7-8H2,1H3,(H2,19,23). The van der Waals surface area contributed by atoms with Crippen LogP contribution in [0.3, 0.4) is 0 Å². The fourth-order valence-electron chi connectivity index (χ4n) is 2.61. The van der Waals surface area contributed by atoms with E-state index in [4.69, 9.17) is 10.5 Å². The second-order valence-corrected chi connectivity index (χ2v) is 5.48. The van der Waals surface area contributed by atoms with Crippen LogP contribution in [-0.2, 0) is 19.5 Å². The summed E-state index contributed by atoms with van der Waals surface area (Å²) in [5, 5.41) is 0. The maximum absolute atomic E-state index is 14.1. The number of carbonyl (C=O) groups is 1. The molecule has 1 aliphatic rings. The van der Waals surface area contributed by atoms with Gasteiger partial charge in [-0.3, -0.25) is 9.69 Å². The number of hydrogen-bond acceptors (Lipinski definition) is 5. The van der Waals surface area contributed by atoms with E-state index in [1.165, 1.54) is 7.11 Å². The normalized spacial score (nSPS) is 14.3. The molecule has 0 bridgehead atoms. The molecule has 1 aliphatic heterocycles. The van der Waals surface area contributed by atoms with Gasteiger partial charge in [0.2, 0.25) is 5.82 Å². The second kappa shape index (κ2) is 6.48. The number of benzene rings is 1. The molecule has 0 atom stereocenters. The summed E-state index contributed by atoms with van der Waals surface area (Å²) < 4.78 is 33.0. The predicted molar refractivity (Wildman–Crippen MR) is 80.1 cm³/mol. The Morgan fingerprint density at radius 3 is 2.75 bits per heavy atom. The first-order valence-corrected chi connectivity index (χ1v) is 7.29. The summed E-state index contributed by atoms with van der Waals surface area (Å²) in [5.74, 6) is -2.04. The van der Waals surface area contributed by atoms with Gasteiger partial charge < -0.3 is 10.5 Å². The molecule has 6 nitrogen and oxygen atoms in total. The number of rotatable bonds is 4. The SMILES string of the molecule is COc1cc(F)c(CN2CCc3[c]nc(C(N)=O)nc3C2)c(F)c1. The summed E-state index contributed by atoms with van der Waals surface area (Å²) in [4.78, 5) is 20.9. The van der Waals surface area contributed by atoms with Gasteiger partial charge >= 0.3 is 0 Å². The molecule has 0 aliphatic carbocycles. The Hall–Kier alpha value is -2.61. The molecule has 0 spiro atoms. The van der Waals surface area contributed by atoms with Crippen molar-refractivity contribution in [1.29, 1.82) is 0 Å². The van der Waals surface area contributed by atoms with Crippen LogP contribution < -0.4 is 10.5 Å². The van der Waals surface area contributed by atoms with Crippen LogP contribution in [0.4, 0.5) is 8.78 Å². The van der Waals surface area contributed by atoms with Crippen molar-refractivity contribution < 1.29 is 18.3 Å². The molecule has 2 aromatic rings. The third-order valence-corrected chi connectivity index (χ3v) is 3.89. The van der Waals surface area contributed by atoms with Crippen molar-refractivity contribution in [3.8, 4) is 5.75 Å². The second-order valence-electron chi connectivity index (χ2n) is 5.48. The van der Waals surface area contributed by atoms with Crippen molar-refractivity contribution in [3.05, 3.63) is 52.6 Å². The van der Waals surface area contributed by atoms with Gasteiger partial charge in [-0.15, -0.1) is 0 Å². The van der Waals surface area contributed by atoms with E-state index in [9.17, 15) is 13.6 Å². The van der Waals surface area contributed by atoms with E-state index in [2.05, 4.69) is 16.2 Å². The Morgan fingerprint density at radius 1 is 1.42 bits per heavy atom. The summed E-state index contributed by atoms with van der Waals surface area (Å²) in [5.41, 5.74) is 6.51. The van der Waals surface area contributed by atoms with Crippen molar-refractivity contribution in [2.75, 3.05) is 13.7 Å². The summed E-state index contributed by atoms with van der Waals surface area (Å²) in [6.07, 6.45) is 3.33. The lowest BCUT2D eigenvalue weighted by Gasteiger charge is -2.28. The Kier molecular flexibility index (Phi) is 4.39. The highest BCUT2D eigenvalue weighted by Crippen LogP contribution is 2.24. The van der Waals surface area contributed by atoms with Gasteiger partial charge in [0, 0.05) is 42.9 Å². The molecular formula is C16H15F2N4O2. The number of methoxy groups -OCH3 is 1. The van der Waals surface area contributed by atoms with Crippen molar-refractivity contribution in [3.63, 3.8) is 0 Å². The Labute approximate surface area is 137 Å². The van der Waals surface area contributed by atoms with Gasteiger partial charge in [0.15, 0.2) is 0 Å². The monoisotopic (exact) mass is 333 g/mol. The maximum Gasteiger partial charge on any atom is 0.286 e. The van der Waals surface area contributed by atoms with Crippen molar-refractivity contribution in [2.24, 2.45) is 5.73 Å². The van der Waals surface area contributed by atoms with Crippen molar-refractivity contribution >= 4 is 5.91 Å². The van der Waals surface area contributed by atoms with Gasteiger partial charge in [0.05, 0.1) is 19.0 Å². The molecular weight excluding hydrogens is 318 g/mol. The average Bonchev–Trinajstić information content (AvgIpc) is 2.57. The highest BCUT2D eigenvalue weighted by molar-refractivity contribution is 5.88. The van der Waals surface area contributed by atoms with E-state index >= 15 is 0 Å². The molecule has 0 fully saturated rings. The van der Waals surface area contributed by atoms with Crippen molar-refractivity contribution in [1.82, 2.24) is 14.9 Å². The predicted octanol–water partition coefficient (Wildman–Crippen LogP) is 1.22. The minimum Gasteiger partial charge on any atom is -0.497 e. The van der Waals surface area contributed by atoms with Crippen LogP contribution in [0.1, 0.15) is 27.4 Å². The first-order valence-electron chi connectivity index (χ1n) is 7.29. The largest absolute Gasteiger partial charge is 0.497 e. The zero-order valence-corrected chi connectivity index (χ0v) is 13.0. The Balaban J connectivity index is 1.81. The Morgan fingerprint density at radius 2 is 2.12 bits per heavy atom. The molecule has 1 radical (unpaired) electrons. The first kappa shape index (κ1) is 16.3. The summed E-state index contributed by atoms with van der Waals surface area (Å²) in [6.45, 7) is 0.990. The molecule has 3 rings (SSSR count). The summed E-state index contributed by atoms with van der Waals surface area (Å²) in [7, 11) is 1.35. The lowest BCUT2D eigenvalue weighted by atomic mass is 10.1. The average molecular weight is 333 g/mol. The molecule has 0 saturated carbocycles. The quantitative estimate of drug-likeness (QED) is 0.910. The van der Waals surface area contributed by atoms with E-state index in [1.807, 2.05) is 4.90 Å². The number of ether oxygens (including phenoxy) is 1. The van der Waals surface area contributed by atoms with Gasteiger partial charge in [-0.05, 0) is 6.42 Å². The molecule has 0 saturated heterocycles. The van der Waals surface area contributed by atoms with E-state index in [-0.39, 0.29) is 23.7 Å². The van der Waals surface area contributed by atoms with E-state index in [0.29, 0.717) is 25.2 Å². The highest BCUT2D eigenvalue weighted by Gasteiger charge is 2.22. The molecule has 2 N–H and O–H groups in total. The molecule has 1 aromatic carbocycles. The minimum absolute atomic E-state index is 0.0348. The fraction of sp³-hybridized carbons (Fsp3) is 0.312. The number of fused-ring (bicyclic) bond motifs is 1. The number of hydrogen-bond donors (Lipinski definition) is 1. The molecule has 125 valence electrons. The summed E-state index contributed by atoms with van der Waals surface area (Å²) >= 11 is 0. The number of aromatic nitrogens is 2. The molecule has 2 heterocycles. The van der Waals surface area contributed by atoms with Crippen LogP contribution in [0.2, 0.25) is 0 Å². The van der Waals surface area contributed by atoms with Gasteiger partial charge in [-0.25, -0.2) is 18.7 Å². The van der Waals surface area contributed by atoms with Crippen LogP contribution in [0.25, 0.3) is 0 Å². The number of nitrogens with two attached hydrogens (primary N) is 1. The lowest BCUT2D eigenvalue weighted by molar-refractivity contribution is 0.0989. The van der Waals surface area contributed by atoms with Crippen LogP contribution in [0.5, 0.6) is 5.75 Å². The highest BCUT2D eigenvalue weighted by atomic mass is 19.1. The first-order chi connectivity index (χ1) is 11.5. The smallest absolute Gasteiger partial charge is 0.286 e. The number of nitrogens with zero attached hydrogens (tertiary/aromatic N) is 3. The Bertz CT molecular complexity index is 775. The number of primary amides is 1. The zero-order valence-electron chi connectivity index (χ0n) is 13.0. The van der Waals surface area contributed by atoms with E-state index in [1.54, 1.807) is 0 Å². The number of carbonyl (C=O) groups excluding carboxylic acids is 1. The molecule has 0 unspecified atom stereocenters. The molecule has 1 amide bonds. The summed E-state index contributed by atoms with van der Waals surface area (Å²) in [6, 6.07) is 2.30. The van der Waals surface area contributed by atoms with Gasteiger partial charge in [-0.1, -0.05) is 0 Å². The van der Waals surface area contributed by atoms with E-state index in [0.717, 1.165) is 17.7 Å². The zero-order chi connectivity index (χ0) is 17.3. The van der Waals surface area contributed by atoms with Crippen LogP contribution >= 0.6 is 0 Å². The van der Waals surface area contributed by atoms with E-state index < -0.39 is 17.5 Å². The van der Waals surface area contributed by atoms with Gasteiger partial charge in [-0.2, -0.15) is 0 Å². The number of amides is 1. The minimum atomic E-state index is -0.738.